The van der Waals surface area contributed by atoms with E-state index in [-0.39, 0.29) is 35.3 Å². The zero-order chi connectivity index (χ0) is 18.6. The maximum absolute atomic E-state index is 12.7. The molecule has 2 N–H and O–H groups in total. The van der Waals surface area contributed by atoms with E-state index in [1.54, 1.807) is 11.9 Å². The molecule has 2 atom stereocenters. The Morgan fingerprint density at radius 1 is 1.19 bits per heavy atom. The van der Waals surface area contributed by atoms with Gasteiger partial charge in [0.1, 0.15) is 0 Å². The molecule has 1 aromatic rings. The van der Waals surface area contributed by atoms with Crippen LogP contribution in [0, 0.1) is 11.3 Å². The van der Waals surface area contributed by atoms with Gasteiger partial charge in [-0.3, -0.25) is 9.79 Å². The van der Waals surface area contributed by atoms with Crippen molar-refractivity contribution in [2.45, 2.75) is 38.0 Å². The summed E-state index contributed by atoms with van der Waals surface area (Å²) in [5, 5.41) is 6.87. The van der Waals surface area contributed by atoms with Crippen LogP contribution in [0.4, 0.5) is 0 Å². The lowest BCUT2D eigenvalue weighted by atomic mass is 9.84. The first-order chi connectivity index (χ1) is 12.6. The normalized spacial score (nSPS) is 23.3. The molecule has 0 bridgehead atoms. The summed E-state index contributed by atoms with van der Waals surface area (Å²) in [5.74, 6) is 2.38. The number of carbonyl (C=O) groups excluding carboxylic acids is 1. The van der Waals surface area contributed by atoms with E-state index >= 15 is 0 Å². The number of hydrogen-bond donors (Lipinski definition) is 2. The molecule has 0 spiro atoms. The van der Waals surface area contributed by atoms with Gasteiger partial charge < -0.3 is 15.5 Å². The third kappa shape index (κ3) is 5.36. The fraction of sp³-hybridized carbons (Fsp3) is 0.619. The molecule has 6 heteroatoms. The first-order valence-electron chi connectivity index (χ1n) is 9.77. The van der Waals surface area contributed by atoms with Crippen LogP contribution in [-0.2, 0) is 4.79 Å². The van der Waals surface area contributed by atoms with Crippen LogP contribution in [0.2, 0.25) is 0 Å². The summed E-state index contributed by atoms with van der Waals surface area (Å²) in [6.07, 6.45) is 5.43. The van der Waals surface area contributed by atoms with Gasteiger partial charge in [0.2, 0.25) is 5.91 Å². The first-order valence-corrected chi connectivity index (χ1v) is 9.77. The molecule has 2 aliphatic carbocycles. The third-order valence-corrected chi connectivity index (χ3v) is 5.92. The second kappa shape index (κ2) is 9.75. The molecule has 2 unspecified atom stereocenters. The largest absolute Gasteiger partial charge is 0.356 e. The van der Waals surface area contributed by atoms with Crippen LogP contribution in [-0.4, -0.2) is 51.0 Å². The van der Waals surface area contributed by atoms with Crippen molar-refractivity contribution in [3.63, 3.8) is 0 Å². The Morgan fingerprint density at radius 3 is 2.44 bits per heavy atom. The predicted molar refractivity (Wildman–Crippen MR) is 122 cm³/mol. The Hall–Kier alpha value is -1.31. The number of halogens is 1. The molecule has 2 saturated carbocycles. The number of carbonyl (C=O) groups is 1. The molecule has 5 nitrogen and oxygen atoms in total. The minimum Gasteiger partial charge on any atom is -0.356 e. The maximum atomic E-state index is 12.7. The van der Waals surface area contributed by atoms with Crippen LogP contribution in [0.25, 0.3) is 0 Å². The number of hydrogen-bond acceptors (Lipinski definition) is 2. The fourth-order valence-corrected chi connectivity index (χ4v) is 4.28. The van der Waals surface area contributed by atoms with E-state index in [1.807, 2.05) is 14.1 Å². The molecular formula is C21H33IN4O. The van der Waals surface area contributed by atoms with Crippen molar-refractivity contribution in [1.29, 1.82) is 0 Å². The van der Waals surface area contributed by atoms with Crippen molar-refractivity contribution in [3.8, 4) is 0 Å². The Morgan fingerprint density at radius 2 is 1.85 bits per heavy atom. The van der Waals surface area contributed by atoms with Crippen LogP contribution in [0.3, 0.4) is 0 Å². The average Bonchev–Trinajstić information content (AvgIpc) is 3.28. The van der Waals surface area contributed by atoms with Crippen LogP contribution in [0.5, 0.6) is 0 Å². The highest BCUT2D eigenvalue weighted by atomic mass is 127. The third-order valence-electron chi connectivity index (χ3n) is 5.92. The number of benzene rings is 1. The monoisotopic (exact) mass is 484 g/mol. The summed E-state index contributed by atoms with van der Waals surface area (Å²) in [7, 11) is 5.50. The van der Waals surface area contributed by atoms with E-state index in [0.29, 0.717) is 18.4 Å². The highest BCUT2D eigenvalue weighted by Gasteiger charge is 2.42. The zero-order valence-corrected chi connectivity index (χ0v) is 19.0. The standard InChI is InChI=1S/C21H32N4O.HI/c1-22-20(23-14-17-13-18(17)16-9-5-4-6-10-16)24-15-21(11-7-8-12-21)19(26)25(2)3;/h4-6,9-10,17-18H,7-8,11-15H2,1-3H3,(H2,22,23,24);1H. The highest BCUT2D eigenvalue weighted by Crippen LogP contribution is 2.46. The fourth-order valence-electron chi connectivity index (χ4n) is 4.28. The molecule has 0 aliphatic heterocycles. The molecular weight excluding hydrogens is 451 g/mol. The van der Waals surface area contributed by atoms with Gasteiger partial charge in [-0.25, -0.2) is 0 Å². The topological polar surface area (TPSA) is 56.7 Å². The number of nitrogens with zero attached hydrogens (tertiary/aromatic N) is 2. The zero-order valence-electron chi connectivity index (χ0n) is 16.7. The molecule has 0 radical (unpaired) electrons. The van der Waals surface area contributed by atoms with Crippen molar-refractivity contribution < 1.29 is 4.79 Å². The van der Waals surface area contributed by atoms with Gasteiger partial charge in [-0.1, -0.05) is 43.2 Å². The van der Waals surface area contributed by atoms with Gasteiger partial charge in [-0.15, -0.1) is 24.0 Å². The number of guanidine groups is 1. The quantitative estimate of drug-likeness (QED) is 0.371. The lowest BCUT2D eigenvalue weighted by Gasteiger charge is -2.31. The molecule has 2 aliphatic rings. The van der Waals surface area contributed by atoms with Gasteiger partial charge >= 0.3 is 0 Å². The average molecular weight is 484 g/mol. The van der Waals surface area contributed by atoms with Crippen molar-refractivity contribution in [2.75, 3.05) is 34.2 Å². The molecule has 0 aromatic heterocycles. The Bertz CT molecular complexity index is 641. The lowest BCUT2D eigenvalue weighted by Crippen LogP contribution is -2.49. The Kier molecular flexibility index (Phi) is 7.94. The molecule has 0 heterocycles. The van der Waals surface area contributed by atoms with Gasteiger partial charge in [0.25, 0.3) is 0 Å². The van der Waals surface area contributed by atoms with E-state index in [0.717, 1.165) is 38.2 Å². The summed E-state index contributed by atoms with van der Waals surface area (Å²) in [6.45, 7) is 1.59. The van der Waals surface area contributed by atoms with Gasteiger partial charge in [0, 0.05) is 34.2 Å². The first kappa shape index (κ1) is 22.0. The number of rotatable bonds is 6. The maximum Gasteiger partial charge on any atom is 0.230 e. The minimum absolute atomic E-state index is 0. The summed E-state index contributed by atoms with van der Waals surface area (Å²) in [5.41, 5.74) is 1.16. The van der Waals surface area contributed by atoms with Gasteiger partial charge in [0.05, 0.1) is 5.41 Å². The van der Waals surface area contributed by atoms with Crippen molar-refractivity contribution in [3.05, 3.63) is 35.9 Å². The van der Waals surface area contributed by atoms with Crippen LogP contribution in [0.1, 0.15) is 43.6 Å². The molecule has 27 heavy (non-hydrogen) atoms. The minimum atomic E-state index is -0.271. The molecule has 3 rings (SSSR count). The highest BCUT2D eigenvalue weighted by molar-refractivity contribution is 14.0. The van der Waals surface area contributed by atoms with E-state index in [2.05, 4.69) is 46.0 Å². The number of aliphatic imine (C=N–C) groups is 1. The smallest absolute Gasteiger partial charge is 0.230 e. The van der Waals surface area contributed by atoms with Gasteiger partial charge in [0.15, 0.2) is 5.96 Å². The van der Waals surface area contributed by atoms with Crippen LogP contribution in [0.15, 0.2) is 35.3 Å². The molecule has 150 valence electrons. The summed E-state index contributed by atoms with van der Waals surface area (Å²) >= 11 is 0. The molecule has 0 saturated heterocycles. The number of nitrogens with one attached hydrogen (secondary N) is 2. The summed E-state index contributed by atoms with van der Waals surface area (Å²) in [6, 6.07) is 10.7. The lowest BCUT2D eigenvalue weighted by molar-refractivity contribution is -0.138. The number of amides is 1. The second-order valence-corrected chi connectivity index (χ2v) is 8.01. The van der Waals surface area contributed by atoms with E-state index in [9.17, 15) is 4.79 Å². The molecule has 2 fully saturated rings. The Labute approximate surface area is 180 Å². The summed E-state index contributed by atoms with van der Waals surface area (Å²) in [4.78, 5) is 18.8. The van der Waals surface area contributed by atoms with Crippen molar-refractivity contribution in [2.24, 2.45) is 16.3 Å². The van der Waals surface area contributed by atoms with Crippen LogP contribution < -0.4 is 10.6 Å². The molecule has 1 amide bonds. The SMILES string of the molecule is CN=C(NCC1CC1c1ccccc1)NCC1(C(=O)N(C)C)CCCC1.I. The van der Waals surface area contributed by atoms with Gasteiger partial charge in [-0.05, 0) is 36.7 Å². The van der Waals surface area contributed by atoms with Gasteiger partial charge in [-0.2, -0.15) is 0 Å². The summed E-state index contributed by atoms with van der Waals surface area (Å²) < 4.78 is 0. The van der Waals surface area contributed by atoms with E-state index < -0.39 is 0 Å². The van der Waals surface area contributed by atoms with E-state index in [4.69, 9.17) is 0 Å². The second-order valence-electron chi connectivity index (χ2n) is 8.01. The van der Waals surface area contributed by atoms with E-state index in [1.165, 1.54) is 12.0 Å². The van der Waals surface area contributed by atoms with Crippen LogP contribution >= 0.6 is 24.0 Å². The predicted octanol–water partition coefficient (Wildman–Crippen LogP) is 3.22. The molecule has 1 aromatic carbocycles. The van der Waals surface area contributed by atoms with Crippen molar-refractivity contribution in [1.82, 2.24) is 15.5 Å². The van der Waals surface area contributed by atoms with Crippen molar-refractivity contribution >= 4 is 35.8 Å². The Balaban J connectivity index is 0.00000261.